The van der Waals surface area contributed by atoms with Crippen LogP contribution < -0.4 is 15.4 Å². The maximum absolute atomic E-state index is 13.6. The van der Waals surface area contributed by atoms with Crippen molar-refractivity contribution < 1.29 is 18.7 Å². The third-order valence-corrected chi connectivity index (χ3v) is 9.12. The SMILES string of the molecule is CN1CCC(CNC(=O)C2CC(NC(=O)COc3ccc(Cl)c(F)c3)C3CC2C3)N1C1CCCCC1. The monoisotopic (exact) mass is 520 g/mol. The molecular formula is C27H38ClFN4O3. The van der Waals surface area contributed by atoms with Crippen LogP contribution in [0.3, 0.4) is 0 Å². The Labute approximate surface area is 218 Å². The zero-order valence-electron chi connectivity index (χ0n) is 21.1. The highest BCUT2D eigenvalue weighted by atomic mass is 35.5. The van der Waals surface area contributed by atoms with Gasteiger partial charge in [-0.05, 0) is 62.5 Å². The fraction of sp³-hybridized carbons (Fsp3) is 0.704. The van der Waals surface area contributed by atoms with Gasteiger partial charge in [0.05, 0.1) is 5.02 Å². The largest absolute Gasteiger partial charge is 0.484 e. The van der Waals surface area contributed by atoms with E-state index in [1.807, 2.05) is 0 Å². The van der Waals surface area contributed by atoms with Crippen LogP contribution in [0.15, 0.2) is 18.2 Å². The summed E-state index contributed by atoms with van der Waals surface area (Å²) in [5, 5.41) is 11.2. The van der Waals surface area contributed by atoms with E-state index in [0.29, 0.717) is 36.9 Å². The Morgan fingerprint density at radius 3 is 2.64 bits per heavy atom. The second kappa shape index (κ2) is 11.2. The molecule has 5 fully saturated rings. The highest BCUT2D eigenvalue weighted by molar-refractivity contribution is 6.30. The van der Waals surface area contributed by atoms with Gasteiger partial charge in [0.25, 0.3) is 5.91 Å². The number of fused-ring (bicyclic) bond motifs is 2. The maximum Gasteiger partial charge on any atom is 0.258 e. The predicted octanol–water partition coefficient (Wildman–Crippen LogP) is 3.76. The van der Waals surface area contributed by atoms with E-state index in [1.54, 1.807) is 0 Å². The number of nitrogens with zero attached hydrogens (tertiary/aromatic N) is 2. The molecule has 0 spiro atoms. The average Bonchev–Trinajstić information content (AvgIpc) is 3.23. The standard InChI is InChI=1S/C27H38ClFN4O3/c1-32-10-9-20(33(32)19-5-3-2-4-6-19)15-30-27(35)22-14-25(18-11-17(22)12-18)31-26(34)16-36-21-7-8-23(28)24(29)13-21/h7-8,13,17-20,22,25H,2-6,9-12,14-16H2,1H3,(H,30,35)(H,31,34). The van der Waals surface area contributed by atoms with Crippen molar-refractivity contribution in [3.63, 3.8) is 0 Å². The van der Waals surface area contributed by atoms with Crippen LogP contribution in [0.4, 0.5) is 4.39 Å². The molecule has 1 aromatic rings. The van der Waals surface area contributed by atoms with Gasteiger partial charge in [0, 0.05) is 50.2 Å². The smallest absolute Gasteiger partial charge is 0.258 e. The minimum Gasteiger partial charge on any atom is -0.484 e. The number of hydrogen-bond acceptors (Lipinski definition) is 5. The molecule has 0 radical (unpaired) electrons. The summed E-state index contributed by atoms with van der Waals surface area (Å²) in [6.07, 6.45) is 10.1. The number of ether oxygens (including phenoxy) is 1. The molecule has 1 aromatic carbocycles. The summed E-state index contributed by atoms with van der Waals surface area (Å²) in [6.45, 7) is 1.54. The Morgan fingerprint density at radius 1 is 1.11 bits per heavy atom. The number of hydrogen-bond donors (Lipinski definition) is 2. The van der Waals surface area contributed by atoms with Gasteiger partial charge in [0.15, 0.2) is 6.61 Å². The number of benzene rings is 1. The van der Waals surface area contributed by atoms with Gasteiger partial charge in [-0.2, -0.15) is 0 Å². The van der Waals surface area contributed by atoms with E-state index in [4.69, 9.17) is 16.3 Å². The lowest BCUT2D eigenvalue weighted by molar-refractivity contribution is -0.136. The fourth-order valence-corrected chi connectivity index (χ4v) is 6.93. The Balaban J connectivity index is 1.10. The Kier molecular flexibility index (Phi) is 8.03. The van der Waals surface area contributed by atoms with Crippen LogP contribution in [0.1, 0.15) is 57.8 Å². The third-order valence-electron chi connectivity index (χ3n) is 8.82. The second-order valence-electron chi connectivity index (χ2n) is 11.1. The van der Waals surface area contributed by atoms with Crippen molar-refractivity contribution in [2.45, 2.75) is 75.9 Å². The molecule has 3 unspecified atom stereocenters. The lowest BCUT2D eigenvalue weighted by atomic mass is 9.57. The molecule has 2 bridgehead atoms. The molecule has 0 aromatic heterocycles. The Hall–Kier alpha value is -1.90. The van der Waals surface area contributed by atoms with Crippen LogP contribution in [0.2, 0.25) is 5.02 Å². The van der Waals surface area contributed by atoms with Gasteiger partial charge in [0.1, 0.15) is 11.6 Å². The quantitative estimate of drug-likeness (QED) is 0.546. The molecule has 6 rings (SSSR count). The molecule has 2 N–H and O–H groups in total. The van der Waals surface area contributed by atoms with Crippen molar-refractivity contribution in [1.29, 1.82) is 0 Å². The number of amides is 2. The van der Waals surface area contributed by atoms with Crippen molar-refractivity contribution in [3.05, 3.63) is 29.0 Å². The number of hydrazine groups is 1. The van der Waals surface area contributed by atoms with E-state index in [0.717, 1.165) is 25.8 Å². The lowest BCUT2D eigenvalue weighted by Crippen LogP contribution is -2.57. The molecule has 5 aliphatic rings. The predicted molar refractivity (Wildman–Crippen MR) is 136 cm³/mol. The molecule has 1 aliphatic heterocycles. The van der Waals surface area contributed by atoms with Crippen LogP contribution in [-0.2, 0) is 9.59 Å². The van der Waals surface area contributed by atoms with Crippen molar-refractivity contribution >= 4 is 23.4 Å². The zero-order valence-corrected chi connectivity index (χ0v) is 21.8. The number of nitrogens with one attached hydrogen (secondary N) is 2. The first-order valence-electron chi connectivity index (χ1n) is 13.5. The minimum absolute atomic E-state index is 0.0134. The summed E-state index contributed by atoms with van der Waals surface area (Å²) < 4.78 is 19.0. The molecule has 3 atom stereocenters. The van der Waals surface area contributed by atoms with Crippen molar-refractivity contribution in [1.82, 2.24) is 20.7 Å². The van der Waals surface area contributed by atoms with Gasteiger partial charge in [-0.3, -0.25) is 9.59 Å². The number of rotatable bonds is 8. The number of carbonyl (C=O) groups is 2. The summed E-state index contributed by atoms with van der Waals surface area (Å²) in [5.74, 6) is 0.325. The Bertz CT molecular complexity index is 953. The molecule has 2 amide bonds. The highest BCUT2D eigenvalue weighted by Gasteiger charge is 2.49. The van der Waals surface area contributed by atoms with Gasteiger partial charge >= 0.3 is 0 Å². The topological polar surface area (TPSA) is 73.9 Å². The summed E-state index contributed by atoms with van der Waals surface area (Å²) in [5.41, 5.74) is 0. The van der Waals surface area contributed by atoms with Gasteiger partial charge in [-0.25, -0.2) is 14.4 Å². The molecular weight excluding hydrogens is 483 g/mol. The summed E-state index contributed by atoms with van der Waals surface area (Å²) in [4.78, 5) is 25.8. The number of halogens is 2. The molecule has 7 nitrogen and oxygen atoms in total. The maximum atomic E-state index is 13.6. The van der Waals surface area contributed by atoms with E-state index in [9.17, 15) is 14.0 Å². The first-order valence-corrected chi connectivity index (χ1v) is 13.9. The first kappa shape index (κ1) is 25.7. The van der Waals surface area contributed by atoms with E-state index in [-0.39, 0.29) is 41.2 Å². The molecule has 4 aliphatic carbocycles. The van der Waals surface area contributed by atoms with Gasteiger partial charge in [0.2, 0.25) is 5.91 Å². The lowest BCUT2D eigenvalue weighted by Gasteiger charge is -2.50. The van der Waals surface area contributed by atoms with Gasteiger partial charge in [-0.15, -0.1) is 0 Å². The molecule has 4 saturated carbocycles. The van der Waals surface area contributed by atoms with Crippen molar-refractivity contribution in [2.24, 2.45) is 17.8 Å². The second-order valence-corrected chi connectivity index (χ2v) is 11.5. The minimum atomic E-state index is -0.581. The highest BCUT2D eigenvalue weighted by Crippen LogP contribution is 2.49. The van der Waals surface area contributed by atoms with Crippen molar-refractivity contribution in [3.8, 4) is 5.75 Å². The molecule has 36 heavy (non-hydrogen) atoms. The number of carbonyl (C=O) groups excluding carboxylic acids is 2. The van der Waals surface area contributed by atoms with Crippen LogP contribution in [0.5, 0.6) is 5.75 Å². The summed E-state index contributed by atoms with van der Waals surface area (Å²) in [7, 11) is 2.17. The Morgan fingerprint density at radius 2 is 1.89 bits per heavy atom. The first-order chi connectivity index (χ1) is 17.4. The van der Waals surface area contributed by atoms with E-state index < -0.39 is 5.82 Å². The van der Waals surface area contributed by atoms with Crippen LogP contribution in [-0.4, -0.2) is 66.7 Å². The molecule has 9 heteroatoms. The van der Waals surface area contributed by atoms with Crippen LogP contribution >= 0.6 is 11.6 Å². The van der Waals surface area contributed by atoms with E-state index in [2.05, 4.69) is 27.7 Å². The molecule has 1 heterocycles. The van der Waals surface area contributed by atoms with Crippen LogP contribution in [0.25, 0.3) is 0 Å². The summed E-state index contributed by atoms with van der Waals surface area (Å²) >= 11 is 5.69. The summed E-state index contributed by atoms with van der Waals surface area (Å²) in [6, 6.07) is 5.05. The molecule has 198 valence electrons. The fourth-order valence-electron chi connectivity index (χ4n) is 6.82. The van der Waals surface area contributed by atoms with E-state index >= 15 is 0 Å². The third kappa shape index (κ3) is 5.65. The van der Waals surface area contributed by atoms with Crippen molar-refractivity contribution in [2.75, 3.05) is 26.7 Å². The zero-order chi connectivity index (χ0) is 25.2. The van der Waals surface area contributed by atoms with Gasteiger partial charge in [-0.1, -0.05) is 30.9 Å². The average molecular weight is 521 g/mol. The van der Waals surface area contributed by atoms with E-state index in [1.165, 1.54) is 50.3 Å². The molecule has 1 saturated heterocycles. The van der Waals surface area contributed by atoms with Crippen LogP contribution in [0, 0.1) is 23.6 Å². The van der Waals surface area contributed by atoms with Gasteiger partial charge < -0.3 is 15.4 Å². The normalized spacial score (nSPS) is 31.0.